The van der Waals surface area contributed by atoms with Gasteiger partial charge in [0.05, 0.1) is 20.0 Å². The molecule has 0 saturated carbocycles. The van der Waals surface area contributed by atoms with Crippen molar-refractivity contribution in [2.24, 2.45) is 0 Å². The van der Waals surface area contributed by atoms with Crippen LogP contribution in [-0.4, -0.2) is 16.7 Å². The summed E-state index contributed by atoms with van der Waals surface area (Å²) in [5.74, 6) is -1.40. The van der Waals surface area contributed by atoms with Crippen LogP contribution in [-0.2, 0) is 0 Å². The zero-order valence-electron chi connectivity index (χ0n) is 11.7. The summed E-state index contributed by atoms with van der Waals surface area (Å²) in [6.07, 6.45) is 0. The summed E-state index contributed by atoms with van der Waals surface area (Å²) in [7, 11) is 0. The Morgan fingerprint density at radius 1 is 1.04 bits per heavy atom. The number of carbonyl (C=O) groups excluding carboxylic acids is 2. The van der Waals surface area contributed by atoms with Crippen LogP contribution in [0.15, 0.2) is 40.9 Å². The molecule has 2 aromatic rings. The molecule has 0 aliphatic heterocycles. The maximum absolute atomic E-state index is 12.0. The third kappa shape index (κ3) is 4.22. The molecule has 24 heavy (non-hydrogen) atoms. The van der Waals surface area contributed by atoms with Crippen LogP contribution in [0.3, 0.4) is 0 Å². The van der Waals surface area contributed by atoms with Crippen molar-refractivity contribution < 1.29 is 14.5 Å². The largest absolute Gasteiger partial charge is 0.284 e. The average molecular weight is 433 g/mol. The number of carbonyl (C=O) groups is 2. The number of halogens is 3. The fourth-order valence-corrected chi connectivity index (χ4v) is 2.49. The second kappa shape index (κ2) is 7.61. The number of hydrazine groups is 1. The van der Waals surface area contributed by atoms with Gasteiger partial charge in [-0.3, -0.25) is 30.6 Å². The van der Waals surface area contributed by atoms with Gasteiger partial charge in [0, 0.05) is 16.7 Å². The summed E-state index contributed by atoms with van der Waals surface area (Å²) in [6.45, 7) is 0. The molecule has 0 radical (unpaired) electrons. The minimum Gasteiger partial charge on any atom is -0.267 e. The molecule has 0 fully saturated rings. The Morgan fingerprint density at radius 2 is 1.71 bits per heavy atom. The van der Waals surface area contributed by atoms with E-state index in [1.165, 1.54) is 30.3 Å². The van der Waals surface area contributed by atoms with E-state index >= 15 is 0 Å². The number of hydrogen-bond acceptors (Lipinski definition) is 4. The van der Waals surface area contributed by atoms with Crippen LogP contribution in [0.2, 0.25) is 10.0 Å². The summed E-state index contributed by atoms with van der Waals surface area (Å²) >= 11 is 14.7. The van der Waals surface area contributed by atoms with Crippen molar-refractivity contribution in [3.05, 3.63) is 72.2 Å². The van der Waals surface area contributed by atoms with Gasteiger partial charge in [0.1, 0.15) is 0 Å². The first-order valence-electron chi connectivity index (χ1n) is 6.29. The third-order valence-electron chi connectivity index (χ3n) is 2.87. The van der Waals surface area contributed by atoms with Gasteiger partial charge in [0.15, 0.2) is 0 Å². The molecule has 0 aromatic heterocycles. The van der Waals surface area contributed by atoms with E-state index in [1.807, 2.05) is 0 Å². The maximum atomic E-state index is 12.0. The van der Waals surface area contributed by atoms with E-state index in [9.17, 15) is 19.7 Å². The summed E-state index contributed by atoms with van der Waals surface area (Å²) in [4.78, 5) is 34.2. The van der Waals surface area contributed by atoms with Crippen LogP contribution in [0.1, 0.15) is 20.7 Å². The number of rotatable bonds is 3. The highest BCUT2D eigenvalue weighted by atomic mass is 79.9. The first-order valence-corrected chi connectivity index (χ1v) is 7.84. The minimum absolute atomic E-state index is 0.00221. The highest BCUT2D eigenvalue weighted by molar-refractivity contribution is 9.10. The first-order chi connectivity index (χ1) is 11.3. The summed E-state index contributed by atoms with van der Waals surface area (Å²) in [5, 5.41) is 11.3. The zero-order chi connectivity index (χ0) is 17.9. The lowest BCUT2D eigenvalue weighted by atomic mass is 10.2. The molecule has 10 heteroatoms. The van der Waals surface area contributed by atoms with E-state index in [4.69, 9.17) is 23.2 Å². The highest BCUT2D eigenvalue weighted by Crippen LogP contribution is 2.25. The summed E-state index contributed by atoms with van der Waals surface area (Å²) in [5.41, 5.74) is 4.12. The van der Waals surface area contributed by atoms with E-state index in [0.717, 1.165) is 6.07 Å². The van der Waals surface area contributed by atoms with Crippen LogP contribution in [0, 0.1) is 10.1 Å². The highest BCUT2D eigenvalue weighted by Gasteiger charge is 2.17. The van der Waals surface area contributed by atoms with Crippen LogP contribution in [0.25, 0.3) is 0 Å². The number of amides is 2. The van der Waals surface area contributed by atoms with Gasteiger partial charge in [-0.1, -0.05) is 23.2 Å². The van der Waals surface area contributed by atoms with Crippen LogP contribution >= 0.6 is 39.1 Å². The number of nitro groups is 1. The molecular formula is C14H8BrCl2N3O4. The van der Waals surface area contributed by atoms with Gasteiger partial charge in [-0.2, -0.15) is 0 Å². The molecule has 0 aliphatic rings. The molecule has 0 spiro atoms. The Balaban J connectivity index is 2.10. The Hall–Kier alpha value is -2.16. The Labute approximate surface area is 154 Å². The van der Waals surface area contributed by atoms with Crippen molar-refractivity contribution in [1.29, 1.82) is 0 Å². The van der Waals surface area contributed by atoms with Crippen molar-refractivity contribution in [3.63, 3.8) is 0 Å². The first kappa shape index (κ1) is 18.2. The summed E-state index contributed by atoms with van der Waals surface area (Å²) < 4.78 is 0.235. The van der Waals surface area contributed by atoms with Crippen molar-refractivity contribution in [2.75, 3.05) is 0 Å². The number of hydrogen-bond donors (Lipinski definition) is 2. The molecule has 124 valence electrons. The van der Waals surface area contributed by atoms with E-state index in [1.54, 1.807) is 0 Å². The molecule has 2 aromatic carbocycles. The SMILES string of the molecule is O=C(NNC(=O)c1cc(Cl)ccc1Cl)c1ccc(Br)c([N+](=O)[O-])c1. The molecule has 0 atom stereocenters. The fourth-order valence-electron chi connectivity index (χ4n) is 1.72. The zero-order valence-corrected chi connectivity index (χ0v) is 14.8. The molecule has 0 saturated heterocycles. The molecule has 7 nitrogen and oxygen atoms in total. The molecule has 0 heterocycles. The van der Waals surface area contributed by atoms with Crippen molar-refractivity contribution >= 4 is 56.6 Å². The number of benzene rings is 2. The van der Waals surface area contributed by atoms with Gasteiger partial charge in [-0.15, -0.1) is 0 Å². The van der Waals surface area contributed by atoms with Crippen molar-refractivity contribution in [3.8, 4) is 0 Å². The van der Waals surface area contributed by atoms with Crippen molar-refractivity contribution in [1.82, 2.24) is 10.9 Å². The number of nitrogens with one attached hydrogen (secondary N) is 2. The van der Waals surface area contributed by atoms with Gasteiger partial charge in [-0.05, 0) is 46.3 Å². The van der Waals surface area contributed by atoms with Gasteiger partial charge < -0.3 is 0 Å². The third-order valence-corrected chi connectivity index (χ3v) is 4.10. The molecule has 2 N–H and O–H groups in total. The van der Waals surface area contributed by atoms with Gasteiger partial charge in [0.25, 0.3) is 17.5 Å². The van der Waals surface area contributed by atoms with Gasteiger partial charge in [0.2, 0.25) is 0 Å². The predicted octanol–water partition coefficient (Wildman–Crippen LogP) is 3.74. The smallest absolute Gasteiger partial charge is 0.267 e. The second-order valence-corrected chi connectivity index (χ2v) is 6.15. The molecule has 2 amide bonds. The molecule has 0 aliphatic carbocycles. The predicted molar refractivity (Wildman–Crippen MR) is 92.2 cm³/mol. The normalized spacial score (nSPS) is 10.1. The average Bonchev–Trinajstić information content (AvgIpc) is 2.54. The minimum atomic E-state index is -0.725. The van der Waals surface area contributed by atoms with Crippen molar-refractivity contribution in [2.45, 2.75) is 0 Å². The topological polar surface area (TPSA) is 101 Å². The number of nitro benzene ring substituents is 1. The Bertz CT molecular complexity index is 845. The van der Waals surface area contributed by atoms with Crippen LogP contribution in [0.4, 0.5) is 5.69 Å². The second-order valence-electron chi connectivity index (χ2n) is 4.46. The van der Waals surface area contributed by atoms with Crippen LogP contribution < -0.4 is 10.9 Å². The molecule has 2 rings (SSSR count). The Morgan fingerprint density at radius 3 is 2.38 bits per heavy atom. The number of nitrogens with zero attached hydrogens (tertiary/aromatic N) is 1. The molecule has 0 unspecified atom stereocenters. The standard InChI is InChI=1S/C14H8BrCl2N3O4/c15-10-3-1-7(5-12(10)20(23)24)13(21)18-19-14(22)9-6-8(16)2-4-11(9)17/h1-6H,(H,18,21)(H,19,22). The monoisotopic (exact) mass is 431 g/mol. The molecule has 0 bridgehead atoms. The Kier molecular flexibility index (Phi) is 5.76. The van der Waals surface area contributed by atoms with Gasteiger partial charge in [-0.25, -0.2) is 0 Å². The maximum Gasteiger partial charge on any atom is 0.284 e. The summed E-state index contributed by atoms with van der Waals surface area (Å²) in [6, 6.07) is 8.11. The van der Waals surface area contributed by atoms with E-state index in [0.29, 0.717) is 5.02 Å². The van der Waals surface area contributed by atoms with E-state index < -0.39 is 16.7 Å². The lowest BCUT2D eigenvalue weighted by Gasteiger charge is -2.09. The van der Waals surface area contributed by atoms with Gasteiger partial charge >= 0.3 is 0 Å². The lowest BCUT2D eigenvalue weighted by Crippen LogP contribution is -2.41. The van der Waals surface area contributed by atoms with Crippen LogP contribution in [0.5, 0.6) is 0 Å². The quantitative estimate of drug-likeness (QED) is 0.569. The lowest BCUT2D eigenvalue weighted by molar-refractivity contribution is -0.385. The van der Waals surface area contributed by atoms with E-state index in [2.05, 4.69) is 26.8 Å². The van der Waals surface area contributed by atoms with E-state index in [-0.39, 0.29) is 26.3 Å². The fraction of sp³-hybridized carbons (Fsp3) is 0. The molecular weight excluding hydrogens is 425 g/mol.